The van der Waals surface area contributed by atoms with Gasteiger partial charge in [0.25, 0.3) is 10.0 Å². The van der Waals surface area contributed by atoms with Crippen molar-refractivity contribution in [2.45, 2.75) is 30.7 Å². The smallest absolute Gasteiger partial charge is 0.407 e. The maximum absolute atomic E-state index is 13.1. The Morgan fingerprint density at radius 2 is 2.00 bits per heavy atom. The van der Waals surface area contributed by atoms with Crippen molar-refractivity contribution in [1.29, 1.82) is 0 Å². The van der Waals surface area contributed by atoms with Crippen LogP contribution in [0.15, 0.2) is 52.1 Å². The van der Waals surface area contributed by atoms with Crippen LogP contribution in [0.5, 0.6) is 0 Å². The molecule has 2 aromatic heterocycles. The summed E-state index contributed by atoms with van der Waals surface area (Å²) in [6.07, 6.45) is 3.70. The molecular weight excluding hydrogens is 472 g/mol. The van der Waals surface area contributed by atoms with Crippen molar-refractivity contribution in [3.8, 4) is 0 Å². The Balaban J connectivity index is 1.71. The van der Waals surface area contributed by atoms with Gasteiger partial charge in [0, 0.05) is 36.9 Å². The summed E-state index contributed by atoms with van der Waals surface area (Å²) in [6, 6.07) is 8.31. The van der Waals surface area contributed by atoms with E-state index in [0.717, 1.165) is 18.4 Å². The number of likely N-dealkylation sites (tertiary alicyclic amines) is 1. The summed E-state index contributed by atoms with van der Waals surface area (Å²) in [6.45, 7) is 2.79. The van der Waals surface area contributed by atoms with Crippen LogP contribution in [-0.4, -0.2) is 52.6 Å². The number of nitrogens with zero attached hydrogens (tertiary/aromatic N) is 3. The van der Waals surface area contributed by atoms with E-state index in [0.29, 0.717) is 34.3 Å². The number of hydrogen-bond donors (Lipinski definition) is 2. The molecule has 2 N–H and O–H groups in total. The van der Waals surface area contributed by atoms with E-state index in [1.165, 1.54) is 15.1 Å². The number of nitrogens with one attached hydrogen (secondary N) is 1. The number of benzene rings is 1. The van der Waals surface area contributed by atoms with Gasteiger partial charge in [-0.3, -0.25) is 0 Å². The van der Waals surface area contributed by atoms with Crippen molar-refractivity contribution >= 4 is 48.8 Å². The minimum absolute atomic E-state index is 0.0752. The molecule has 1 saturated heterocycles. The molecule has 10 heteroatoms. The summed E-state index contributed by atoms with van der Waals surface area (Å²) in [5.74, 6) is 0. The second-order valence-corrected chi connectivity index (χ2v) is 10.0. The highest BCUT2D eigenvalue weighted by Gasteiger charge is 2.26. The number of fused-ring (bicyclic) bond motifs is 1. The van der Waals surface area contributed by atoms with Gasteiger partial charge in [-0.1, -0.05) is 17.7 Å². The van der Waals surface area contributed by atoms with Gasteiger partial charge in [-0.05, 0) is 53.9 Å². The van der Waals surface area contributed by atoms with Crippen LogP contribution in [0, 0.1) is 6.92 Å². The van der Waals surface area contributed by atoms with Crippen molar-refractivity contribution in [3.63, 3.8) is 0 Å². The monoisotopic (exact) mass is 492 g/mol. The Hall–Kier alpha value is -2.59. The molecule has 1 atom stereocenters. The van der Waals surface area contributed by atoms with Gasteiger partial charge < -0.3 is 15.3 Å². The predicted molar refractivity (Wildman–Crippen MR) is 117 cm³/mol. The van der Waals surface area contributed by atoms with Crippen LogP contribution in [-0.2, 0) is 10.0 Å². The van der Waals surface area contributed by atoms with E-state index in [1.54, 1.807) is 36.5 Å². The third kappa shape index (κ3) is 3.77. The third-order valence-electron chi connectivity index (χ3n) is 5.25. The lowest BCUT2D eigenvalue weighted by Crippen LogP contribution is -2.44. The number of carboxylic acid groups (broad SMARTS) is 1. The summed E-state index contributed by atoms with van der Waals surface area (Å²) in [5.41, 5.74) is 1.99. The molecule has 4 rings (SSSR count). The maximum atomic E-state index is 13.1. The number of piperidine rings is 1. The first kappa shape index (κ1) is 20.7. The van der Waals surface area contributed by atoms with Crippen LogP contribution >= 0.6 is 15.9 Å². The van der Waals surface area contributed by atoms with Crippen molar-refractivity contribution < 1.29 is 18.3 Å². The molecule has 0 radical (unpaired) electrons. The molecular formula is C20H21BrN4O4S. The van der Waals surface area contributed by atoms with E-state index in [2.05, 4.69) is 26.2 Å². The fourth-order valence-electron chi connectivity index (χ4n) is 3.68. The van der Waals surface area contributed by atoms with Crippen LogP contribution in [0.25, 0.3) is 11.0 Å². The zero-order valence-electron chi connectivity index (χ0n) is 16.2. The second-order valence-electron chi connectivity index (χ2n) is 7.36. The highest BCUT2D eigenvalue weighted by atomic mass is 79.9. The number of pyridine rings is 1. The molecule has 1 aliphatic rings. The minimum atomic E-state index is -3.80. The van der Waals surface area contributed by atoms with E-state index in [-0.39, 0.29) is 10.9 Å². The first-order chi connectivity index (χ1) is 14.3. The number of anilines is 1. The minimum Gasteiger partial charge on any atom is -0.465 e. The number of carbonyl (C=O) groups is 1. The predicted octanol–water partition coefficient (Wildman–Crippen LogP) is 3.90. The zero-order chi connectivity index (χ0) is 21.5. The lowest BCUT2D eigenvalue weighted by atomic mass is 10.1. The molecule has 8 nitrogen and oxygen atoms in total. The van der Waals surface area contributed by atoms with Crippen LogP contribution in [0.2, 0.25) is 0 Å². The Morgan fingerprint density at radius 3 is 2.70 bits per heavy atom. The standard InChI is InChI=1S/C20H21BrN4O4S/c1-13-4-6-15(7-5-13)30(28,29)25-10-8-16-18(17(21)11-22-19(16)25)23-14-3-2-9-24(12-14)20(26)27/h4-8,10-11,14H,2-3,9,12H2,1H3,(H,22,23)(H,26,27)/t14-/m1/s1. The molecule has 3 heterocycles. The molecule has 0 aliphatic carbocycles. The van der Waals surface area contributed by atoms with E-state index >= 15 is 0 Å². The number of aromatic nitrogens is 2. The van der Waals surface area contributed by atoms with Gasteiger partial charge in [-0.15, -0.1) is 0 Å². The Labute approximate surface area is 182 Å². The van der Waals surface area contributed by atoms with E-state index < -0.39 is 16.1 Å². The number of halogens is 1. The molecule has 30 heavy (non-hydrogen) atoms. The molecule has 1 fully saturated rings. The number of rotatable bonds is 4. The van der Waals surface area contributed by atoms with E-state index in [9.17, 15) is 18.3 Å². The maximum Gasteiger partial charge on any atom is 0.407 e. The molecule has 0 spiro atoms. The van der Waals surface area contributed by atoms with Crippen molar-refractivity contribution in [3.05, 3.63) is 52.8 Å². The topological polar surface area (TPSA) is 105 Å². The van der Waals surface area contributed by atoms with Crippen molar-refractivity contribution in [1.82, 2.24) is 13.9 Å². The Kier molecular flexibility index (Phi) is 5.46. The number of hydrogen-bond acceptors (Lipinski definition) is 5. The van der Waals surface area contributed by atoms with Gasteiger partial charge in [-0.2, -0.15) is 0 Å². The molecule has 0 saturated carbocycles. The average Bonchev–Trinajstić information content (AvgIpc) is 3.16. The Bertz CT molecular complexity index is 1210. The fraction of sp³-hybridized carbons (Fsp3) is 0.300. The summed E-state index contributed by atoms with van der Waals surface area (Å²) in [5, 5.41) is 13.3. The molecule has 1 aliphatic heterocycles. The van der Waals surface area contributed by atoms with Crippen molar-refractivity contribution in [2.24, 2.45) is 0 Å². The first-order valence-corrected chi connectivity index (χ1v) is 11.7. The van der Waals surface area contributed by atoms with E-state index in [4.69, 9.17) is 0 Å². The van der Waals surface area contributed by atoms with Crippen molar-refractivity contribution in [2.75, 3.05) is 18.4 Å². The molecule has 1 amide bonds. The van der Waals surface area contributed by atoms with Gasteiger partial charge >= 0.3 is 6.09 Å². The van der Waals surface area contributed by atoms with E-state index in [1.807, 2.05) is 6.92 Å². The first-order valence-electron chi connectivity index (χ1n) is 9.49. The molecule has 3 aromatic rings. The molecule has 1 aromatic carbocycles. The summed E-state index contributed by atoms with van der Waals surface area (Å²) in [7, 11) is -3.80. The lowest BCUT2D eigenvalue weighted by Gasteiger charge is -2.32. The molecule has 0 unspecified atom stereocenters. The highest BCUT2D eigenvalue weighted by Crippen LogP contribution is 2.33. The largest absolute Gasteiger partial charge is 0.465 e. The zero-order valence-corrected chi connectivity index (χ0v) is 18.6. The summed E-state index contributed by atoms with van der Waals surface area (Å²) < 4.78 is 28.2. The Morgan fingerprint density at radius 1 is 1.27 bits per heavy atom. The van der Waals surface area contributed by atoms with Gasteiger partial charge in [0.05, 0.1) is 15.1 Å². The van der Waals surface area contributed by atoms with Crippen LogP contribution in [0.1, 0.15) is 18.4 Å². The summed E-state index contributed by atoms with van der Waals surface area (Å²) >= 11 is 3.49. The van der Waals surface area contributed by atoms with Crippen LogP contribution in [0.4, 0.5) is 10.5 Å². The number of amides is 1. The van der Waals surface area contributed by atoms with Gasteiger partial charge in [0.1, 0.15) is 0 Å². The molecule has 0 bridgehead atoms. The van der Waals surface area contributed by atoms with Gasteiger partial charge in [0.15, 0.2) is 5.65 Å². The third-order valence-corrected chi connectivity index (χ3v) is 7.53. The van der Waals surface area contributed by atoms with Gasteiger partial charge in [-0.25, -0.2) is 22.2 Å². The molecule has 158 valence electrons. The fourth-order valence-corrected chi connectivity index (χ4v) is 5.41. The quantitative estimate of drug-likeness (QED) is 0.572. The van der Waals surface area contributed by atoms with Crippen LogP contribution < -0.4 is 5.32 Å². The van der Waals surface area contributed by atoms with Gasteiger partial charge in [0.2, 0.25) is 0 Å². The van der Waals surface area contributed by atoms with Crippen LogP contribution in [0.3, 0.4) is 0 Å². The SMILES string of the molecule is Cc1ccc(S(=O)(=O)n2ccc3c(N[C@@H]4CCCN(C(=O)O)C4)c(Br)cnc32)cc1. The average molecular weight is 493 g/mol. The highest BCUT2D eigenvalue weighted by molar-refractivity contribution is 9.10. The summed E-state index contributed by atoms with van der Waals surface area (Å²) in [4.78, 5) is 17.2. The lowest BCUT2D eigenvalue weighted by molar-refractivity contribution is 0.133. The second kappa shape index (κ2) is 7.92. The normalized spacial score (nSPS) is 17.3. The number of aryl methyl sites for hydroxylation is 1.